The first-order chi connectivity index (χ1) is 15.5. The fraction of sp³-hybridized carbons (Fsp3) is 0.227. The number of rotatable bonds is 4. The van der Waals surface area contributed by atoms with Gasteiger partial charge < -0.3 is 9.80 Å². The van der Waals surface area contributed by atoms with Gasteiger partial charge in [0, 0.05) is 38.2 Å². The zero-order chi connectivity index (χ0) is 22.4. The van der Waals surface area contributed by atoms with E-state index >= 15 is 0 Å². The van der Waals surface area contributed by atoms with Crippen molar-refractivity contribution in [3.63, 3.8) is 0 Å². The Hall–Kier alpha value is -4.08. The molecule has 0 saturated carbocycles. The van der Waals surface area contributed by atoms with Crippen LogP contribution in [0.4, 0.5) is 21.6 Å². The number of halogens is 1. The molecule has 1 aliphatic heterocycles. The Labute approximate surface area is 183 Å². The summed E-state index contributed by atoms with van der Waals surface area (Å²) in [5.41, 5.74) is 2.12. The van der Waals surface area contributed by atoms with Crippen molar-refractivity contribution in [2.75, 3.05) is 16.8 Å². The minimum absolute atomic E-state index is 0.0326. The summed E-state index contributed by atoms with van der Waals surface area (Å²) >= 11 is 0. The Morgan fingerprint density at radius 3 is 2.56 bits per heavy atom. The molecule has 0 radical (unpaired) electrons. The second kappa shape index (κ2) is 7.56. The van der Waals surface area contributed by atoms with E-state index in [2.05, 4.69) is 15.1 Å². The van der Waals surface area contributed by atoms with E-state index in [9.17, 15) is 9.18 Å². The summed E-state index contributed by atoms with van der Waals surface area (Å²) < 4.78 is 16.8. The van der Waals surface area contributed by atoms with Crippen molar-refractivity contribution < 1.29 is 9.18 Å². The summed E-state index contributed by atoms with van der Waals surface area (Å²) in [6.45, 7) is 1.97. The minimum atomic E-state index is -0.418. The lowest BCUT2D eigenvalue weighted by Crippen LogP contribution is -2.50. The number of hydrogen-bond donors (Lipinski definition) is 0. The van der Waals surface area contributed by atoms with E-state index < -0.39 is 6.04 Å². The number of aromatic nitrogens is 6. The smallest absolute Gasteiger partial charge is 0.250 e. The van der Waals surface area contributed by atoms with Gasteiger partial charge in [-0.2, -0.15) is 10.1 Å². The topological polar surface area (TPSA) is 85.0 Å². The van der Waals surface area contributed by atoms with Gasteiger partial charge in [0.1, 0.15) is 23.4 Å². The molecule has 3 aromatic heterocycles. The molecular weight excluding hydrogens is 411 g/mol. The van der Waals surface area contributed by atoms with Crippen LogP contribution in [0, 0.1) is 5.82 Å². The molecule has 0 spiro atoms. The number of anilines is 3. The molecule has 5 rings (SSSR count). The van der Waals surface area contributed by atoms with Crippen LogP contribution < -0.4 is 9.80 Å². The summed E-state index contributed by atoms with van der Waals surface area (Å²) in [4.78, 5) is 30.3. The Morgan fingerprint density at radius 2 is 1.88 bits per heavy atom. The molecule has 32 heavy (non-hydrogen) atoms. The van der Waals surface area contributed by atoms with Crippen molar-refractivity contribution in [3.05, 3.63) is 61.1 Å². The third-order valence-corrected chi connectivity index (χ3v) is 5.57. The van der Waals surface area contributed by atoms with Gasteiger partial charge in [0.2, 0.25) is 11.9 Å². The molecular formula is C22H21FN8O. The summed E-state index contributed by atoms with van der Waals surface area (Å²) in [7, 11) is 3.56. The van der Waals surface area contributed by atoms with Gasteiger partial charge in [-0.3, -0.25) is 14.0 Å². The van der Waals surface area contributed by atoms with E-state index in [1.807, 2.05) is 25.1 Å². The predicted molar refractivity (Wildman–Crippen MR) is 117 cm³/mol. The van der Waals surface area contributed by atoms with Crippen LogP contribution in [0.15, 0.2) is 55.2 Å². The molecule has 0 saturated heterocycles. The summed E-state index contributed by atoms with van der Waals surface area (Å²) in [5, 5.41) is 4.27. The van der Waals surface area contributed by atoms with Crippen LogP contribution in [0.2, 0.25) is 0 Å². The Bertz CT molecular complexity index is 1300. The average molecular weight is 432 g/mol. The van der Waals surface area contributed by atoms with Gasteiger partial charge in [0.25, 0.3) is 0 Å². The number of carbonyl (C=O) groups is 1. The van der Waals surface area contributed by atoms with Gasteiger partial charge in [0.05, 0.1) is 18.1 Å². The van der Waals surface area contributed by atoms with Gasteiger partial charge in [-0.1, -0.05) is 6.92 Å². The molecule has 162 valence electrons. The molecule has 4 aromatic rings. The molecule has 0 unspecified atom stereocenters. The lowest BCUT2D eigenvalue weighted by molar-refractivity contribution is -0.119. The maximum Gasteiger partial charge on any atom is 0.250 e. The van der Waals surface area contributed by atoms with Crippen LogP contribution in [-0.2, 0) is 11.8 Å². The van der Waals surface area contributed by atoms with E-state index in [1.165, 1.54) is 12.1 Å². The lowest BCUT2D eigenvalue weighted by atomic mass is 10.1. The van der Waals surface area contributed by atoms with Crippen molar-refractivity contribution in [2.45, 2.75) is 19.4 Å². The quantitative estimate of drug-likeness (QED) is 0.493. The normalized spacial score (nSPS) is 15.9. The van der Waals surface area contributed by atoms with E-state index in [-0.39, 0.29) is 11.7 Å². The number of nitrogens with zero attached hydrogens (tertiary/aromatic N) is 8. The van der Waals surface area contributed by atoms with E-state index in [0.717, 1.165) is 11.3 Å². The fourth-order valence-corrected chi connectivity index (χ4v) is 3.96. The second-order valence-corrected chi connectivity index (χ2v) is 7.57. The highest BCUT2D eigenvalue weighted by Gasteiger charge is 2.38. The third-order valence-electron chi connectivity index (χ3n) is 5.57. The van der Waals surface area contributed by atoms with Gasteiger partial charge in [0.15, 0.2) is 5.82 Å². The first-order valence-corrected chi connectivity index (χ1v) is 10.2. The molecule has 1 atom stereocenters. The molecule has 0 N–H and O–H groups in total. The first kappa shape index (κ1) is 19.9. The van der Waals surface area contributed by atoms with Crippen molar-refractivity contribution in [2.24, 2.45) is 7.05 Å². The highest BCUT2D eigenvalue weighted by molar-refractivity contribution is 6.06. The highest BCUT2D eigenvalue weighted by atomic mass is 19.1. The number of imidazole rings is 1. The third kappa shape index (κ3) is 3.11. The lowest BCUT2D eigenvalue weighted by Gasteiger charge is -2.39. The maximum atomic E-state index is 13.4. The Morgan fingerprint density at radius 1 is 1.09 bits per heavy atom. The maximum absolute atomic E-state index is 13.4. The molecule has 0 aliphatic carbocycles. The van der Waals surface area contributed by atoms with Gasteiger partial charge >= 0.3 is 0 Å². The van der Waals surface area contributed by atoms with Crippen LogP contribution in [0.3, 0.4) is 0 Å². The van der Waals surface area contributed by atoms with E-state index in [0.29, 0.717) is 29.7 Å². The van der Waals surface area contributed by atoms with Crippen molar-refractivity contribution in [1.29, 1.82) is 0 Å². The predicted octanol–water partition coefficient (Wildman–Crippen LogP) is 3.10. The van der Waals surface area contributed by atoms with Crippen molar-refractivity contribution in [1.82, 2.24) is 29.3 Å². The molecule has 1 aliphatic rings. The molecule has 4 heterocycles. The zero-order valence-corrected chi connectivity index (χ0v) is 17.8. The minimum Gasteiger partial charge on any atom is -0.309 e. The molecule has 1 amide bonds. The van der Waals surface area contributed by atoms with Gasteiger partial charge in [-0.15, -0.1) is 0 Å². The fourth-order valence-electron chi connectivity index (χ4n) is 3.96. The number of amides is 1. The molecule has 1 aromatic carbocycles. The Balaban J connectivity index is 1.66. The summed E-state index contributed by atoms with van der Waals surface area (Å²) in [5.74, 6) is 1.24. The number of carbonyl (C=O) groups excluding carboxylic acids is 1. The number of benzene rings is 1. The monoisotopic (exact) mass is 432 g/mol. The van der Waals surface area contributed by atoms with E-state index in [4.69, 9.17) is 4.98 Å². The summed E-state index contributed by atoms with van der Waals surface area (Å²) in [6.07, 6.45) is 9.21. The zero-order valence-electron chi connectivity index (χ0n) is 17.8. The van der Waals surface area contributed by atoms with Gasteiger partial charge in [-0.25, -0.2) is 14.4 Å². The van der Waals surface area contributed by atoms with Crippen LogP contribution in [0.25, 0.3) is 17.3 Å². The van der Waals surface area contributed by atoms with Crippen LogP contribution in [-0.4, -0.2) is 48.3 Å². The average Bonchev–Trinajstić information content (AvgIpc) is 3.45. The van der Waals surface area contributed by atoms with Crippen LogP contribution in [0.5, 0.6) is 0 Å². The number of likely N-dealkylation sites (N-methyl/N-ethyl adjacent to an activating group) is 1. The van der Waals surface area contributed by atoms with Crippen LogP contribution in [0.1, 0.15) is 13.3 Å². The van der Waals surface area contributed by atoms with E-state index in [1.54, 1.807) is 58.1 Å². The standard InChI is InChI=1S/C22H21FN8O/c1-4-17-21(32)29(3)18-12-25-22(27-20(18)31(17)16-11-26-28(2)13-16)30-10-9-24-19(30)14-5-7-15(23)8-6-14/h5-13,17H,4H2,1-3H3/t17-/m0/s1. The molecule has 0 fully saturated rings. The molecule has 0 bridgehead atoms. The number of fused-ring (bicyclic) bond motifs is 1. The Kier molecular flexibility index (Phi) is 4.69. The highest BCUT2D eigenvalue weighted by Crippen LogP contribution is 2.39. The number of hydrogen-bond acceptors (Lipinski definition) is 6. The van der Waals surface area contributed by atoms with Crippen molar-refractivity contribution in [3.8, 4) is 17.3 Å². The van der Waals surface area contributed by atoms with Crippen molar-refractivity contribution >= 4 is 23.1 Å². The summed E-state index contributed by atoms with van der Waals surface area (Å²) in [6, 6.07) is 5.68. The molecule has 9 nitrogen and oxygen atoms in total. The number of aryl methyl sites for hydroxylation is 1. The van der Waals surface area contributed by atoms with Crippen LogP contribution >= 0.6 is 0 Å². The largest absolute Gasteiger partial charge is 0.309 e. The SMILES string of the molecule is CC[C@H]1C(=O)N(C)c2cnc(-n3ccnc3-c3ccc(F)cc3)nc2N1c1cnn(C)c1. The first-order valence-electron chi connectivity index (χ1n) is 10.2. The molecule has 10 heteroatoms. The van der Waals surface area contributed by atoms with Gasteiger partial charge in [-0.05, 0) is 30.7 Å². The second-order valence-electron chi connectivity index (χ2n) is 7.57.